The fourth-order valence-electron chi connectivity index (χ4n) is 2.58. The zero-order valence-corrected chi connectivity index (χ0v) is 12.4. The Bertz CT molecular complexity index is 656. The van der Waals surface area contributed by atoms with Crippen LogP contribution in [0.1, 0.15) is 49.6 Å². The molecule has 0 saturated carbocycles. The van der Waals surface area contributed by atoms with Gasteiger partial charge in [0.05, 0.1) is 11.2 Å². The third-order valence-electron chi connectivity index (χ3n) is 3.57. The Morgan fingerprint density at radius 3 is 2.90 bits per heavy atom. The van der Waals surface area contributed by atoms with Gasteiger partial charge in [-0.25, -0.2) is 0 Å². The third kappa shape index (κ3) is 2.16. The van der Waals surface area contributed by atoms with Crippen LogP contribution in [0.3, 0.4) is 0 Å². The number of Topliss-reactive ketones (excluding diaryl/α,β-unsaturated/α-hetero) is 1. The summed E-state index contributed by atoms with van der Waals surface area (Å²) in [6.07, 6.45) is 4.14. The molecule has 0 atom stereocenters. The van der Waals surface area contributed by atoms with Crippen molar-refractivity contribution in [2.45, 2.75) is 45.7 Å². The summed E-state index contributed by atoms with van der Waals surface area (Å²) in [6.45, 7) is 4.87. The van der Waals surface area contributed by atoms with E-state index in [0.29, 0.717) is 17.1 Å². The lowest BCUT2D eigenvalue weighted by molar-refractivity contribution is 0.0976. The predicted molar refractivity (Wildman–Crippen MR) is 77.0 cm³/mol. The molecule has 0 saturated heterocycles. The van der Waals surface area contributed by atoms with Crippen LogP contribution in [0.15, 0.2) is 12.3 Å². The van der Waals surface area contributed by atoms with E-state index in [4.69, 9.17) is 11.6 Å². The van der Waals surface area contributed by atoms with E-state index in [2.05, 4.69) is 10.2 Å². The van der Waals surface area contributed by atoms with Gasteiger partial charge in [0.15, 0.2) is 5.78 Å². The van der Waals surface area contributed by atoms with Crippen molar-refractivity contribution in [3.05, 3.63) is 23.0 Å². The number of aryl methyl sites for hydroxylation is 1. The lowest BCUT2D eigenvalue weighted by atomic mass is 10.1. The summed E-state index contributed by atoms with van der Waals surface area (Å²) in [6, 6.07) is 2.03. The highest BCUT2D eigenvalue weighted by molar-refractivity contribution is 6.33. The predicted octanol–water partition coefficient (Wildman–Crippen LogP) is 3.35. The van der Waals surface area contributed by atoms with Crippen molar-refractivity contribution >= 4 is 17.4 Å². The Hall–Kier alpha value is -1.62. The molecule has 0 aromatic carbocycles. The zero-order chi connectivity index (χ0) is 14.3. The summed E-state index contributed by atoms with van der Waals surface area (Å²) < 4.78 is 3.65. The lowest BCUT2D eigenvalue weighted by Crippen LogP contribution is -2.07. The molecule has 2 aromatic heterocycles. The van der Waals surface area contributed by atoms with Crippen LogP contribution in [0.25, 0.3) is 11.4 Å². The number of carbonyl (C=O) groups is 1. The summed E-state index contributed by atoms with van der Waals surface area (Å²) in [5, 5.41) is 9.41. The second kappa shape index (κ2) is 5.05. The molecule has 20 heavy (non-hydrogen) atoms. The van der Waals surface area contributed by atoms with Gasteiger partial charge in [0.1, 0.15) is 17.1 Å². The molecule has 0 unspecified atom stereocenters. The average molecular weight is 293 g/mol. The number of aromatic nitrogens is 4. The summed E-state index contributed by atoms with van der Waals surface area (Å²) in [5.41, 5.74) is 2.20. The van der Waals surface area contributed by atoms with Crippen LogP contribution >= 0.6 is 11.6 Å². The molecule has 3 rings (SSSR count). The topological polar surface area (TPSA) is 52.7 Å². The van der Waals surface area contributed by atoms with Crippen LogP contribution in [0.2, 0.25) is 5.02 Å². The van der Waals surface area contributed by atoms with Crippen LogP contribution in [-0.4, -0.2) is 25.3 Å². The molecule has 0 fully saturated rings. The summed E-state index contributed by atoms with van der Waals surface area (Å²) in [4.78, 5) is 12.1. The van der Waals surface area contributed by atoms with Gasteiger partial charge in [0.2, 0.25) is 0 Å². The van der Waals surface area contributed by atoms with Crippen molar-refractivity contribution in [2.75, 3.05) is 0 Å². The zero-order valence-electron chi connectivity index (χ0n) is 11.6. The first kappa shape index (κ1) is 13.4. The van der Waals surface area contributed by atoms with Crippen LogP contribution in [0.5, 0.6) is 0 Å². The summed E-state index contributed by atoms with van der Waals surface area (Å²) in [5.74, 6) is 0.160. The van der Waals surface area contributed by atoms with Gasteiger partial charge in [-0.05, 0) is 32.8 Å². The van der Waals surface area contributed by atoms with E-state index in [1.165, 1.54) is 0 Å². The lowest BCUT2D eigenvalue weighted by Gasteiger charge is -2.09. The maximum absolute atomic E-state index is 12.1. The molecule has 0 radical (unpaired) electrons. The molecule has 0 spiro atoms. The quantitative estimate of drug-likeness (QED) is 0.853. The van der Waals surface area contributed by atoms with E-state index in [1.807, 2.05) is 24.6 Å². The van der Waals surface area contributed by atoms with E-state index in [0.717, 1.165) is 30.8 Å². The fraction of sp³-hybridized carbons (Fsp3) is 0.500. The van der Waals surface area contributed by atoms with Crippen LogP contribution in [-0.2, 0) is 6.54 Å². The van der Waals surface area contributed by atoms with E-state index in [1.54, 1.807) is 10.9 Å². The van der Waals surface area contributed by atoms with Crippen molar-refractivity contribution < 1.29 is 4.79 Å². The molecule has 1 aliphatic rings. The number of hydrogen-bond acceptors (Lipinski definition) is 3. The molecule has 3 heterocycles. The second-order valence-electron chi connectivity index (χ2n) is 5.40. The minimum Gasteiger partial charge on any atom is -0.292 e. The molecule has 0 bridgehead atoms. The van der Waals surface area contributed by atoms with Gasteiger partial charge in [0, 0.05) is 19.0 Å². The van der Waals surface area contributed by atoms with Crippen molar-refractivity contribution in [1.82, 2.24) is 19.6 Å². The second-order valence-corrected chi connectivity index (χ2v) is 5.80. The van der Waals surface area contributed by atoms with Crippen LogP contribution in [0.4, 0.5) is 0 Å². The summed E-state index contributed by atoms with van der Waals surface area (Å²) >= 11 is 6.24. The minimum absolute atomic E-state index is 0.160. The number of halogens is 1. The molecule has 2 aromatic rings. The first-order valence-electron chi connectivity index (χ1n) is 6.92. The van der Waals surface area contributed by atoms with Crippen molar-refractivity contribution in [2.24, 2.45) is 0 Å². The van der Waals surface area contributed by atoms with Gasteiger partial charge >= 0.3 is 0 Å². The fourth-order valence-corrected chi connectivity index (χ4v) is 2.80. The number of ketones is 1. The molecule has 0 amide bonds. The number of hydrogen-bond donors (Lipinski definition) is 0. The standard InChI is InChI=1S/C14H17ClN4O/c1-9(2)19-14(10(15)8-16-19)11-7-12-13(20)5-3-4-6-18(12)17-11/h7-9H,3-6H2,1-2H3. The maximum atomic E-state index is 12.1. The highest BCUT2D eigenvalue weighted by Crippen LogP contribution is 2.30. The van der Waals surface area contributed by atoms with Gasteiger partial charge in [-0.2, -0.15) is 10.2 Å². The van der Waals surface area contributed by atoms with E-state index in [-0.39, 0.29) is 11.8 Å². The molecule has 6 heteroatoms. The van der Waals surface area contributed by atoms with Crippen molar-refractivity contribution in [1.29, 1.82) is 0 Å². The van der Waals surface area contributed by atoms with E-state index in [9.17, 15) is 4.79 Å². The van der Waals surface area contributed by atoms with Gasteiger partial charge in [0.25, 0.3) is 0 Å². The van der Waals surface area contributed by atoms with Gasteiger partial charge < -0.3 is 0 Å². The highest BCUT2D eigenvalue weighted by atomic mass is 35.5. The normalized spacial score (nSPS) is 15.5. The minimum atomic E-state index is 0.160. The van der Waals surface area contributed by atoms with Gasteiger partial charge in [-0.1, -0.05) is 11.6 Å². The SMILES string of the molecule is CC(C)n1ncc(Cl)c1-c1cc2n(n1)CCCCC2=O. The Kier molecular flexibility index (Phi) is 3.38. The Morgan fingerprint density at radius 1 is 1.35 bits per heavy atom. The highest BCUT2D eigenvalue weighted by Gasteiger charge is 2.22. The average Bonchev–Trinajstić information content (AvgIpc) is 2.94. The van der Waals surface area contributed by atoms with Crippen LogP contribution in [0, 0.1) is 0 Å². The monoisotopic (exact) mass is 292 g/mol. The van der Waals surface area contributed by atoms with E-state index < -0.39 is 0 Å². The van der Waals surface area contributed by atoms with Gasteiger partial charge in [-0.15, -0.1) is 0 Å². The number of rotatable bonds is 2. The maximum Gasteiger partial charge on any atom is 0.180 e. The van der Waals surface area contributed by atoms with Crippen molar-refractivity contribution in [3.63, 3.8) is 0 Å². The van der Waals surface area contributed by atoms with Crippen LogP contribution < -0.4 is 0 Å². The van der Waals surface area contributed by atoms with Crippen molar-refractivity contribution in [3.8, 4) is 11.4 Å². The largest absolute Gasteiger partial charge is 0.292 e. The molecular weight excluding hydrogens is 276 g/mol. The molecular formula is C14H17ClN4O. The molecule has 0 aliphatic carbocycles. The summed E-state index contributed by atoms with van der Waals surface area (Å²) in [7, 11) is 0. The Labute approximate surface area is 122 Å². The molecule has 1 aliphatic heterocycles. The third-order valence-corrected chi connectivity index (χ3v) is 3.85. The van der Waals surface area contributed by atoms with E-state index >= 15 is 0 Å². The first-order valence-corrected chi connectivity index (χ1v) is 7.30. The number of nitrogens with zero attached hydrogens (tertiary/aromatic N) is 4. The molecule has 106 valence electrons. The molecule has 5 nitrogen and oxygen atoms in total. The Balaban J connectivity index is 2.10. The molecule has 0 N–H and O–H groups in total. The first-order chi connectivity index (χ1) is 9.58. The smallest absolute Gasteiger partial charge is 0.180 e. The Morgan fingerprint density at radius 2 is 2.15 bits per heavy atom. The number of carbonyl (C=O) groups excluding carboxylic acids is 1. The van der Waals surface area contributed by atoms with Gasteiger partial charge in [-0.3, -0.25) is 14.2 Å². The number of fused-ring (bicyclic) bond motifs is 1.